The van der Waals surface area contributed by atoms with Gasteiger partial charge in [-0.1, -0.05) is 66.7 Å². The van der Waals surface area contributed by atoms with Crippen LogP contribution in [0.15, 0.2) is 91.0 Å². The van der Waals surface area contributed by atoms with Crippen molar-refractivity contribution in [1.82, 2.24) is 5.32 Å². The maximum absolute atomic E-state index is 12.6. The molecule has 1 aliphatic rings. The highest BCUT2D eigenvalue weighted by atomic mass is 32.1. The number of carbonyl (C=O) groups is 1. The van der Waals surface area contributed by atoms with E-state index in [1.807, 2.05) is 59.5 Å². The van der Waals surface area contributed by atoms with Gasteiger partial charge in [-0.15, -0.1) is 0 Å². The third kappa shape index (κ3) is 5.92. The Morgan fingerprint density at radius 2 is 1.46 bits per heavy atom. The van der Waals surface area contributed by atoms with Crippen molar-refractivity contribution in [2.75, 3.05) is 24.7 Å². The molecule has 1 heterocycles. The summed E-state index contributed by atoms with van der Waals surface area (Å²) in [7, 11) is 0. The Morgan fingerprint density at radius 3 is 2.30 bits per heavy atom. The molecule has 6 heteroatoms. The lowest BCUT2D eigenvalue weighted by Crippen LogP contribution is -2.42. The molecule has 1 amide bonds. The molecule has 0 atom stereocenters. The molecule has 0 aromatic heterocycles. The van der Waals surface area contributed by atoms with Crippen LogP contribution < -0.4 is 19.7 Å². The Kier molecular flexibility index (Phi) is 7.96. The summed E-state index contributed by atoms with van der Waals surface area (Å²) in [6.07, 6.45) is 3.76. The standard InChI is InChI=1S/C31H30N2O3S/c34-30(25-12-3-1-4-13-25)32-31(37)33-20-19-24-15-10-18-28(29(24)33)36-22-8-2-7-21-35-27-17-9-14-23-11-5-6-16-26(23)27/h1,3-6,9-18H,2,7-8,19-22H2,(H,32,34,37). The van der Waals surface area contributed by atoms with Crippen molar-refractivity contribution in [2.45, 2.75) is 25.7 Å². The summed E-state index contributed by atoms with van der Waals surface area (Å²) in [5.41, 5.74) is 2.72. The lowest BCUT2D eigenvalue weighted by atomic mass is 10.1. The molecule has 0 saturated heterocycles. The number of unbranched alkanes of at least 4 members (excludes halogenated alkanes) is 2. The summed E-state index contributed by atoms with van der Waals surface area (Å²) in [4.78, 5) is 14.6. The Hall–Kier alpha value is -3.90. The van der Waals surface area contributed by atoms with Crippen molar-refractivity contribution >= 4 is 39.7 Å². The van der Waals surface area contributed by atoms with Gasteiger partial charge in [-0.2, -0.15) is 0 Å². The van der Waals surface area contributed by atoms with Crippen LogP contribution in [-0.2, 0) is 6.42 Å². The number of para-hydroxylation sites is 1. The number of nitrogens with zero attached hydrogens (tertiary/aromatic N) is 1. The van der Waals surface area contributed by atoms with Crippen molar-refractivity contribution in [2.24, 2.45) is 0 Å². The first-order valence-corrected chi connectivity index (χ1v) is 13.1. The van der Waals surface area contributed by atoms with E-state index < -0.39 is 0 Å². The van der Waals surface area contributed by atoms with Crippen LogP contribution in [-0.4, -0.2) is 30.8 Å². The van der Waals surface area contributed by atoms with Crippen molar-refractivity contribution < 1.29 is 14.3 Å². The molecule has 1 aliphatic heterocycles. The number of hydrogen-bond acceptors (Lipinski definition) is 4. The Bertz CT molecular complexity index is 1380. The van der Waals surface area contributed by atoms with Gasteiger partial charge in [-0.25, -0.2) is 0 Å². The summed E-state index contributed by atoms with van der Waals surface area (Å²) in [5.74, 6) is 1.53. The van der Waals surface area contributed by atoms with Crippen LogP contribution in [0.4, 0.5) is 5.69 Å². The molecule has 0 radical (unpaired) electrons. The molecule has 0 saturated carbocycles. The van der Waals surface area contributed by atoms with E-state index in [-0.39, 0.29) is 5.91 Å². The fourth-order valence-electron chi connectivity index (χ4n) is 4.63. The topological polar surface area (TPSA) is 50.8 Å². The first-order chi connectivity index (χ1) is 18.2. The molecule has 188 valence electrons. The lowest BCUT2D eigenvalue weighted by Gasteiger charge is -2.23. The van der Waals surface area contributed by atoms with Gasteiger partial charge in [0, 0.05) is 17.5 Å². The van der Waals surface area contributed by atoms with E-state index in [4.69, 9.17) is 21.7 Å². The normalized spacial score (nSPS) is 12.3. The first-order valence-electron chi connectivity index (χ1n) is 12.7. The molecule has 4 aromatic rings. The molecule has 0 bridgehead atoms. The van der Waals surface area contributed by atoms with Crippen molar-refractivity contribution in [3.8, 4) is 11.5 Å². The average molecular weight is 511 g/mol. The highest BCUT2D eigenvalue weighted by Gasteiger charge is 2.27. The number of rotatable bonds is 9. The number of amides is 1. The SMILES string of the molecule is O=C(NC(=S)N1CCc2cccc(OCCCCCOc3cccc4ccccc34)c21)c1ccccc1. The Labute approximate surface area is 223 Å². The van der Waals surface area contributed by atoms with Gasteiger partial charge in [0.25, 0.3) is 5.91 Å². The number of nitrogens with one attached hydrogen (secondary N) is 1. The van der Waals surface area contributed by atoms with E-state index in [1.165, 1.54) is 10.9 Å². The van der Waals surface area contributed by atoms with Crippen molar-refractivity contribution in [3.63, 3.8) is 0 Å². The number of thiocarbonyl (C=S) groups is 1. The van der Waals surface area contributed by atoms with Gasteiger partial charge in [0.1, 0.15) is 11.5 Å². The zero-order valence-corrected chi connectivity index (χ0v) is 21.5. The number of carbonyl (C=O) groups excluding carboxylic acids is 1. The van der Waals surface area contributed by atoms with Crippen LogP contribution in [0, 0.1) is 0 Å². The zero-order chi connectivity index (χ0) is 25.5. The molecular weight excluding hydrogens is 480 g/mol. The van der Waals surface area contributed by atoms with Crippen molar-refractivity contribution in [3.05, 3.63) is 102 Å². The quantitative estimate of drug-likeness (QED) is 0.205. The van der Waals surface area contributed by atoms with E-state index in [0.29, 0.717) is 23.9 Å². The number of benzene rings is 4. The van der Waals surface area contributed by atoms with Gasteiger partial charge < -0.3 is 14.4 Å². The minimum atomic E-state index is -0.205. The summed E-state index contributed by atoms with van der Waals surface area (Å²) < 4.78 is 12.2. The van der Waals surface area contributed by atoms with E-state index >= 15 is 0 Å². The van der Waals surface area contributed by atoms with Gasteiger partial charge in [0.2, 0.25) is 0 Å². The van der Waals surface area contributed by atoms with E-state index in [1.54, 1.807) is 12.1 Å². The molecule has 1 N–H and O–H groups in total. The predicted molar refractivity (Wildman–Crippen MR) is 153 cm³/mol. The Balaban J connectivity index is 1.10. The minimum absolute atomic E-state index is 0.205. The monoisotopic (exact) mass is 510 g/mol. The lowest BCUT2D eigenvalue weighted by molar-refractivity contribution is 0.0977. The predicted octanol–water partition coefficient (Wildman–Crippen LogP) is 6.55. The van der Waals surface area contributed by atoms with E-state index in [0.717, 1.165) is 54.8 Å². The van der Waals surface area contributed by atoms with E-state index in [9.17, 15) is 4.79 Å². The van der Waals surface area contributed by atoms with Crippen LogP contribution in [0.1, 0.15) is 35.2 Å². The molecule has 0 aliphatic carbocycles. The number of hydrogen-bond donors (Lipinski definition) is 1. The van der Waals surface area contributed by atoms with Gasteiger partial charge in [0.15, 0.2) is 5.11 Å². The third-order valence-electron chi connectivity index (χ3n) is 6.51. The Morgan fingerprint density at radius 1 is 0.784 bits per heavy atom. The van der Waals surface area contributed by atoms with Gasteiger partial charge in [-0.3, -0.25) is 10.1 Å². The fraction of sp³-hybridized carbons (Fsp3) is 0.226. The minimum Gasteiger partial charge on any atom is -0.493 e. The fourth-order valence-corrected chi connectivity index (χ4v) is 4.91. The van der Waals surface area contributed by atoms with Crippen LogP contribution in [0.3, 0.4) is 0 Å². The first kappa shape index (κ1) is 24.8. The van der Waals surface area contributed by atoms with Crippen molar-refractivity contribution in [1.29, 1.82) is 0 Å². The summed E-state index contributed by atoms with van der Waals surface area (Å²) in [5, 5.41) is 5.61. The molecule has 4 aromatic carbocycles. The van der Waals surface area contributed by atoms with Crippen LogP contribution >= 0.6 is 12.2 Å². The second kappa shape index (κ2) is 11.9. The molecule has 0 spiro atoms. The molecule has 37 heavy (non-hydrogen) atoms. The average Bonchev–Trinajstić information content (AvgIpc) is 3.38. The molecular formula is C31H30N2O3S. The maximum atomic E-state index is 12.6. The molecule has 5 rings (SSSR count). The number of anilines is 1. The number of ether oxygens (including phenoxy) is 2. The van der Waals surface area contributed by atoms with Crippen LogP contribution in [0.25, 0.3) is 10.8 Å². The second-order valence-electron chi connectivity index (χ2n) is 9.03. The summed E-state index contributed by atoms with van der Waals surface area (Å²) >= 11 is 5.60. The third-order valence-corrected chi connectivity index (χ3v) is 6.83. The number of fused-ring (bicyclic) bond motifs is 2. The maximum Gasteiger partial charge on any atom is 0.257 e. The highest BCUT2D eigenvalue weighted by Crippen LogP contribution is 2.37. The summed E-state index contributed by atoms with van der Waals surface area (Å²) in [6, 6.07) is 29.6. The van der Waals surface area contributed by atoms with Gasteiger partial charge in [-0.05, 0) is 73.1 Å². The van der Waals surface area contributed by atoms with Gasteiger partial charge >= 0.3 is 0 Å². The zero-order valence-electron chi connectivity index (χ0n) is 20.7. The van der Waals surface area contributed by atoms with Crippen LogP contribution in [0.5, 0.6) is 11.5 Å². The second-order valence-corrected chi connectivity index (χ2v) is 9.41. The smallest absolute Gasteiger partial charge is 0.257 e. The molecule has 0 fully saturated rings. The van der Waals surface area contributed by atoms with Gasteiger partial charge in [0.05, 0.1) is 18.9 Å². The highest BCUT2D eigenvalue weighted by molar-refractivity contribution is 7.80. The summed E-state index contributed by atoms with van der Waals surface area (Å²) in [6.45, 7) is 2.01. The largest absolute Gasteiger partial charge is 0.493 e. The van der Waals surface area contributed by atoms with E-state index in [2.05, 4.69) is 29.6 Å². The van der Waals surface area contributed by atoms with Crippen LogP contribution in [0.2, 0.25) is 0 Å². The molecule has 5 nitrogen and oxygen atoms in total. The molecule has 0 unspecified atom stereocenters.